The first kappa shape index (κ1) is 36.2. The van der Waals surface area contributed by atoms with E-state index in [4.69, 9.17) is 35.7 Å². The number of carbonyl (C=O) groups excluding carboxylic acids is 3. The number of esters is 1. The summed E-state index contributed by atoms with van der Waals surface area (Å²) in [5.41, 5.74) is 2.62. The van der Waals surface area contributed by atoms with Gasteiger partial charge in [-0.1, -0.05) is 61.8 Å². The third-order valence-corrected chi connectivity index (χ3v) is 8.09. The molecule has 0 bridgehead atoms. The van der Waals surface area contributed by atoms with Gasteiger partial charge in [-0.2, -0.15) is 0 Å². The van der Waals surface area contributed by atoms with Crippen LogP contribution in [-0.2, 0) is 41.6 Å². The lowest BCUT2D eigenvalue weighted by atomic mass is 9.92. The number of aliphatic carboxylic acids is 1. The zero-order valence-electron chi connectivity index (χ0n) is 27.7. The summed E-state index contributed by atoms with van der Waals surface area (Å²) >= 11 is 6.52. The molecule has 0 aliphatic carbocycles. The number of halogens is 1. The van der Waals surface area contributed by atoms with Crippen LogP contribution < -0.4 is 19.7 Å². The fraction of sp³-hybridized carbons (Fsp3) is 0.389. The van der Waals surface area contributed by atoms with Crippen molar-refractivity contribution >= 4 is 41.0 Å². The molecule has 48 heavy (non-hydrogen) atoms. The lowest BCUT2D eigenvalue weighted by Gasteiger charge is -2.33. The quantitative estimate of drug-likeness (QED) is 0.212. The molecule has 0 saturated carbocycles. The standard InChI is InChI=1S/C36H41ClN2O9/c1-22(40)47-21-36(2,3)20-39-28-14-13-25(37)17-27(28)33(26-10-7-11-29(45-4)34(26)46-5)48-30(35(39)44)18-31(41)38-19-24-9-6-8-23(16-24)12-15-32(42)43/h6-11,13-14,16-17,30,33H,12,15,18-21H2,1-5H3,(H,38,41)(H,42,43)/t30-,33-/m1/s1. The Morgan fingerprint density at radius 1 is 1.00 bits per heavy atom. The number of carbonyl (C=O) groups is 4. The number of methoxy groups -OCH3 is 2. The Morgan fingerprint density at radius 3 is 2.42 bits per heavy atom. The molecule has 3 aromatic carbocycles. The van der Waals surface area contributed by atoms with Crippen molar-refractivity contribution in [3.8, 4) is 11.5 Å². The monoisotopic (exact) mass is 680 g/mol. The van der Waals surface area contributed by atoms with Crippen molar-refractivity contribution in [2.75, 3.05) is 32.3 Å². The van der Waals surface area contributed by atoms with Gasteiger partial charge in [0.15, 0.2) is 11.5 Å². The number of fused-ring (bicyclic) bond motifs is 1. The summed E-state index contributed by atoms with van der Waals surface area (Å²) in [7, 11) is 3.03. The molecule has 12 heteroatoms. The van der Waals surface area contributed by atoms with Crippen molar-refractivity contribution in [3.63, 3.8) is 0 Å². The Hall–Kier alpha value is -4.61. The molecule has 0 fully saturated rings. The lowest BCUT2D eigenvalue weighted by Crippen LogP contribution is -2.46. The Balaban J connectivity index is 1.70. The Labute approximate surface area is 285 Å². The summed E-state index contributed by atoms with van der Waals surface area (Å²) in [4.78, 5) is 52.1. The smallest absolute Gasteiger partial charge is 0.303 e. The number of carboxylic acids is 1. The highest BCUT2D eigenvalue weighted by atomic mass is 35.5. The summed E-state index contributed by atoms with van der Waals surface area (Å²) in [6.45, 7) is 5.44. The van der Waals surface area contributed by atoms with Crippen molar-refractivity contribution in [2.24, 2.45) is 5.41 Å². The number of nitrogens with zero attached hydrogens (tertiary/aromatic N) is 1. The van der Waals surface area contributed by atoms with Gasteiger partial charge in [-0.25, -0.2) is 0 Å². The van der Waals surface area contributed by atoms with Gasteiger partial charge in [0.1, 0.15) is 12.2 Å². The lowest BCUT2D eigenvalue weighted by molar-refractivity contribution is -0.144. The molecule has 1 heterocycles. The Bertz CT molecular complexity index is 1660. The van der Waals surface area contributed by atoms with Crippen LogP contribution in [0.15, 0.2) is 60.7 Å². The first-order valence-corrected chi connectivity index (χ1v) is 15.9. The molecule has 2 N–H and O–H groups in total. The molecule has 2 atom stereocenters. The SMILES string of the molecule is COc1cccc([C@H]2O[C@H](CC(=O)NCc3cccc(CCC(=O)O)c3)C(=O)N(CC(C)(C)COC(C)=O)c3ccc(Cl)cc32)c1OC. The highest BCUT2D eigenvalue weighted by Crippen LogP contribution is 2.45. The maximum atomic E-state index is 14.4. The highest BCUT2D eigenvalue weighted by Gasteiger charge is 2.41. The van der Waals surface area contributed by atoms with Gasteiger partial charge in [0.2, 0.25) is 5.91 Å². The van der Waals surface area contributed by atoms with Crippen LogP contribution in [0.25, 0.3) is 0 Å². The van der Waals surface area contributed by atoms with Gasteiger partial charge in [0, 0.05) is 53.7 Å². The van der Waals surface area contributed by atoms with Crippen LogP contribution in [0.5, 0.6) is 11.5 Å². The van der Waals surface area contributed by atoms with Crippen molar-refractivity contribution in [2.45, 2.75) is 58.8 Å². The number of para-hydroxylation sites is 1. The number of aryl methyl sites for hydroxylation is 1. The average molecular weight is 681 g/mol. The minimum Gasteiger partial charge on any atom is -0.493 e. The predicted octanol–water partition coefficient (Wildman–Crippen LogP) is 5.49. The zero-order valence-corrected chi connectivity index (χ0v) is 28.5. The Kier molecular flexibility index (Phi) is 12.1. The van der Waals surface area contributed by atoms with Gasteiger partial charge < -0.3 is 34.3 Å². The van der Waals surface area contributed by atoms with Gasteiger partial charge in [0.05, 0.1) is 27.2 Å². The van der Waals surface area contributed by atoms with E-state index >= 15 is 0 Å². The number of hydrogen-bond acceptors (Lipinski definition) is 8. The van der Waals surface area contributed by atoms with E-state index in [9.17, 15) is 19.2 Å². The maximum Gasteiger partial charge on any atom is 0.303 e. The first-order valence-electron chi connectivity index (χ1n) is 15.5. The van der Waals surface area contributed by atoms with E-state index in [1.165, 1.54) is 21.1 Å². The number of rotatable bonds is 14. The third kappa shape index (κ3) is 9.26. The summed E-state index contributed by atoms with van der Waals surface area (Å²) in [5, 5.41) is 12.3. The summed E-state index contributed by atoms with van der Waals surface area (Å²) in [5.74, 6) is -1.35. The van der Waals surface area contributed by atoms with Crippen LogP contribution in [0.4, 0.5) is 5.69 Å². The molecule has 1 aliphatic heterocycles. The predicted molar refractivity (Wildman–Crippen MR) is 179 cm³/mol. The van der Waals surface area contributed by atoms with E-state index in [1.54, 1.807) is 47.4 Å². The van der Waals surface area contributed by atoms with Crippen LogP contribution in [0.1, 0.15) is 62.0 Å². The highest BCUT2D eigenvalue weighted by molar-refractivity contribution is 6.30. The second-order valence-electron chi connectivity index (χ2n) is 12.4. The molecule has 0 unspecified atom stereocenters. The fourth-order valence-corrected chi connectivity index (χ4v) is 5.77. The topological polar surface area (TPSA) is 141 Å². The molecule has 4 rings (SSSR count). The maximum absolute atomic E-state index is 14.4. The molecule has 3 aromatic rings. The van der Waals surface area contributed by atoms with Crippen LogP contribution in [0, 0.1) is 5.41 Å². The number of nitrogens with one attached hydrogen (secondary N) is 1. The second kappa shape index (κ2) is 16.0. The van der Waals surface area contributed by atoms with Crippen LogP contribution >= 0.6 is 11.6 Å². The number of anilines is 1. The number of hydrogen-bond donors (Lipinski definition) is 2. The van der Waals surface area contributed by atoms with Crippen molar-refractivity contribution < 1.29 is 43.2 Å². The van der Waals surface area contributed by atoms with Gasteiger partial charge in [-0.05, 0) is 41.8 Å². The van der Waals surface area contributed by atoms with Gasteiger partial charge in [0.25, 0.3) is 5.91 Å². The molecule has 1 aliphatic rings. The first-order chi connectivity index (χ1) is 22.8. The van der Waals surface area contributed by atoms with E-state index in [1.807, 2.05) is 32.0 Å². The molecule has 0 saturated heterocycles. The minimum atomic E-state index is -1.23. The summed E-state index contributed by atoms with van der Waals surface area (Å²) in [6.07, 6.45) is -2.06. The van der Waals surface area contributed by atoms with E-state index in [0.717, 1.165) is 11.1 Å². The van der Waals surface area contributed by atoms with E-state index in [0.29, 0.717) is 39.8 Å². The summed E-state index contributed by atoms with van der Waals surface area (Å²) in [6, 6.07) is 17.8. The van der Waals surface area contributed by atoms with E-state index < -0.39 is 41.4 Å². The molecule has 0 radical (unpaired) electrons. The number of amides is 2. The van der Waals surface area contributed by atoms with Gasteiger partial charge >= 0.3 is 11.9 Å². The number of ether oxygens (including phenoxy) is 4. The number of carboxylic acid groups (broad SMARTS) is 1. The molecule has 2 amide bonds. The number of benzene rings is 3. The van der Waals surface area contributed by atoms with Crippen molar-refractivity contribution in [3.05, 3.63) is 87.9 Å². The van der Waals surface area contributed by atoms with Crippen LogP contribution in [0.3, 0.4) is 0 Å². The Morgan fingerprint density at radius 2 is 1.73 bits per heavy atom. The second-order valence-corrected chi connectivity index (χ2v) is 12.8. The zero-order chi connectivity index (χ0) is 35.0. The summed E-state index contributed by atoms with van der Waals surface area (Å²) < 4.78 is 23.2. The molecule has 0 aromatic heterocycles. The average Bonchev–Trinajstić information content (AvgIpc) is 3.15. The van der Waals surface area contributed by atoms with Gasteiger partial charge in [-0.15, -0.1) is 0 Å². The van der Waals surface area contributed by atoms with Gasteiger partial charge in [-0.3, -0.25) is 19.2 Å². The molecule has 0 spiro atoms. The normalized spacial score (nSPS) is 16.0. The molecular weight excluding hydrogens is 640 g/mol. The molecule has 11 nitrogen and oxygen atoms in total. The van der Waals surface area contributed by atoms with Crippen molar-refractivity contribution in [1.29, 1.82) is 0 Å². The molecule has 256 valence electrons. The van der Waals surface area contributed by atoms with E-state index in [2.05, 4.69) is 5.32 Å². The van der Waals surface area contributed by atoms with Crippen LogP contribution in [-0.4, -0.2) is 62.3 Å². The fourth-order valence-electron chi connectivity index (χ4n) is 5.59. The largest absolute Gasteiger partial charge is 0.493 e. The van der Waals surface area contributed by atoms with Crippen molar-refractivity contribution in [1.82, 2.24) is 5.32 Å². The third-order valence-electron chi connectivity index (χ3n) is 7.85. The molecular formula is C36H41ClN2O9. The van der Waals surface area contributed by atoms with Crippen LogP contribution in [0.2, 0.25) is 5.02 Å². The minimum absolute atomic E-state index is 0.00202. The van der Waals surface area contributed by atoms with E-state index in [-0.39, 0.29) is 32.5 Å².